The molecule has 0 N–H and O–H groups in total. The monoisotopic (exact) mass is 297 g/mol. The van der Waals surface area contributed by atoms with Crippen LogP contribution in [0.1, 0.15) is 26.7 Å². The Morgan fingerprint density at radius 1 is 1.45 bits per heavy atom. The van der Waals surface area contributed by atoms with Gasteiger partial charge in [0.05, 0.1) is 11.6 Å². The molecule has 5 heteroatoms. The molecule has 1 unspecified atom stereocenters. The lowest BCUT2D eigenvalue weighted by Crippen LogP contribution is -2.45. The second-order valence-corrected chi connectivity index (χ2v) is 5.77. The molecule has 108 valence electrons. The Balaban J connectivity index is 2.31. The van der Waals surface area contributed by atoms with Crippen LogP contribution in [0.3, 0.4) is 0 Å². The smallest absolute Gasteiger partial charge is 0.237 e. The molecular weight excluding hydrogens is 281 g/mol. The van der Waals surface area contributed by atoms with Gasteiger partial charge in [-0.15, -0.1) is 0 Å². The van der Waals surface area contributed by atoms with Gasteiger partial charge in [-0.25, -0.2) is 4.39 Å². The van der Waals surface area contributed by atoms with Crippen molar-refractivity contribution in [2.75, 3.05) is 11.4 Å². The molecular formula is C15H17ClFNO2. The highest BCUT2D eigenvalue weighted by Gasteiger charge is 2.36. The van der Waals surface area contributed by atoms with Crippen LogP contribution in [0.2, 0.25) is 5.02 Å². The SMILES string of the molecule is CC(C)C(=O)C1CCCN(c2cc(Cl)ccc2F)C1=O. The van der Waals surface area contributed by atoms with Crippen molar-refractivity contribution in [1.29, 1.82) is 0 Å². The van der Waals surface area contributed by atoms with E-state index in [1.165, 1.54) is 23.1 Å². The van der Waals surface area contributed by atoms with Crippen LogP contribution in [-0.4, -0.2) is 18.2 Å². The normalized spacial score (nSPS) is 19.6. The Hall–Kier alpha value is -1.42. The van der Waals surface area contributed by atoms with Gasteiger partial charge in [0.1, 0.15) is 11.6 Å². The van der Waals surface area contributed by atoms with E-state index in [0.29, 0.717) is 24.4 Å². The number of rotatable bonds is 3. The third-order valence-corrected chi connectivity index (χ3v) is 3.79. The highest BCUT2D eigenvalue weighted by Crippen LogP contribution is 2.30. The number of ketones is 1. The first-order chi connectivity index (χ1) is 9.41. The van der Waals surface area contributed by atoms with Crippen molar-refractivity contribution in [3.63, 3.8) is 0 Å². The zero-order valence-electron chi connectivity index (χ0n) is 11.5. The number of hydrogen-bond acceptors (Lipinski definition) is 2. The van der Waals surface area contributed by atoms with Crippen LogP contribution in [0.15, 0.2) is 18.2 Å². The number of hydrogen-bond donors (Lipinski definition) is 0. The van der Waals surface area contributed by atoms with E-state index >= 15 is 0 Å². The molecule has 3 nitrogen and oxygen atoms in total. The van der Waals surface area contributed by atoms with Gasteiger partial charge in [-0.1, -0.05) is 25.4 Å². The fourth-order valence-corrected chi connectivity index (χ4v) is 2.64. The molecule has 1 atom stereocenters. The van der Waals surface area contributed by atoms with Gasteiger partial charge < -0.3 is 4.90 Å². The number of piperidine rings is 1. The molecule has 1 saturated heterocycles. The lowest BCUT2D eigenvalue weighted by atomic mass is 9.87. The quantitative estimate of drug-likeness (QED) is 0.801. The lowest BCUT2D eigenvalue weighted by Gasteiger charge is -2.32. The van der Waals surface area contributed by atoms with Crippen molar-refractivity contribution in [3.05, 3.63) is 29.0 Å². The first-order valence-electron chi connectivity index (χ1n) is 6.72. The van der Waals surface area contributed by atoms with Crippen LogP contribution >= 0.6 is 11.6 Å². The molecule has 1 aliphatic rings. The van der Waals surface area contributed by atoms with E-state index in [1.807, 2.05) is 0 Å². The molecule has 0 bridgehead atoms. The summed E-state index contributed by atoms with van der Waals surface area (Å²) in [6.45, 7) is 3.96. The number of anilines is 1. The standard InChI is InChI=1S/C15H17ClFNO2/c1-9(2)14(19)11-4-3-7-18(15(11)20)13-8-10(16)5-6-12(13)17/h5-6,8-9,11H,3-4,7H2,1-2H3. The molecule has 1 fully saturated rings. The highest BCUT2D eigenvalue weighted by atomic mass is 35.5. The predicted molar refractivity (Wildman–Crippen MR) is 76.3 cm³/mol. The minimum Gasteiger partial charge on any atom is -0.309 e. The first kappa shape index (κ1) is 15.0. The van der Waals surface area contributed by atoms with E-state index in [2.05, 4.69) is 0 Å². The average molecular weight is 298 g/mol. The molecule has 0 radical (unpaired) electrons. The zero-order chi connectivity index (χ0) is 14.9. The average Bonchev–Trinajstić information content (AvgIpc) is 2.41. The molecule has 1 amide bonds. The van der Waals surface area contributed by atoms with E-state index in [1.54, 1.807) is 13.8 Å². The molecule has 0 aromatic heterocycles. The van der Waals surface area contributed by atoms with Crippen LogP contribution in [-0.2, 0) is 9.59 Å². The summed E-state index contributed by atoms with van der Waals surface area (Å²) in [5.41, 5.74) is 0.156. The minimum atomic E-state index is -0.665. The largest absolute Gasteiger partial charge is 0.309 e. The third kappa shape index (κ3) is 2.85. The fourth-order valence-electron chi connectivity index (χ4n) is 2.47. The second kappa shape index (κ2) is 5.92. The molecule has 0 aliphatic carbocycles. The van der Waals surface area contributed by atoms with Crippen LogP contribution in [0.4, 0.5) is 10.1 Å². The zero-order valence-corrected chi connectivity index (χ0v) is 12.3. The Morgan fingerprint density at radius 2 is 2.15 bits per heavy atom. The fraction of sp³-hybridized carbons (Fsp3) is 0.467. The van der Waals surface area contributed by atoms with E-state index in [0.717, 1.165) is 0 Å². The summed E-state index contributed by atoms with van der Waals surface area (Å²) in [6.07, 6.45) is 1.22. The summed E-state index contributed by atoms with van der Waals surface area (Å²) in [5.74, 6) is -1.77. The van der Waals surface area contributed by atoms with Gasteiger partial charge in [0, 0.05) is 17.5 Å². The number of benzene rings is 1. The Bertz CT molecular complexity index is 545. The number of halogens is 2. The molecule has 0 saturated carbocycles. The van der Waals surface area contributed by atoms with Crippen molar-refractivity contribution in [2.24, 2.45) is 11.8 Å². The third-order valence-electron chi connectivity index (χ3n) is 3.55. The molecule has 0 spiro atoms. The molecule has 1 aromatic rings. The van der Waals surface area contributed by atoms with Gasteiger partial charge in [-0.3, -0.25) is 9.59 Å². The van der Waals surface area contributed by atoms with Gasteiger partial charge in [-0.05, 0) is 31.0 Å². The van der Waals surface area contributed by atoms with Crippen LogP contribution < -0.4 is 4.90 Å². The molecule has 20 heavy (non-hydrogen) atoms. The predicted octanol–water partition coefficient (Wildman–Crippen LogP) is 3.45. The molecule has 1 aromatic carbocycles. The molecule has 1 aliphatic heterocycles. The maximum Gasteiger partial charge on any atom is 0.237 e. The van der Waals surface area contributed by atoms with Crippen LogP contribution in [0.5, 0.6) is 0 Å². The summed E-state index contributed by atoms with van der Waals surface area (Å²) in [5, 5.41) is 0.367. The van der Waals surface area contributed by atoms with E-state index in [-0.39, 0.29) is 23.3 Å². The number of nitrogens with zero attached hydrogens (tertiary/aromatic N) is 1. The minimum absolute atomic E-state index is 0.0814. The van der Waals surface area contributed by atoms with Gasteiger partial charge in [0.25, 0.3) is 0 Å². The topological polar surface area (TPSA) is 37.4 Å². The molecule has 2 rings (SSSR count). The number of carbonyl (C=O) groups excluding carboxylic acids is 2. The van der Waals surface area contributed by atoms with Crippen molar-refractivity contribution >= 4 is 29.0 Å². The van der Waals surface area contributed by atoms with Crippen molar-refractivity contribution in [1.82, 2.24) is 0 Å². The van der Waals surface area contributed by atoms with Gasteiger partial charge in [-0.2, -0.15) is 0 Å². The van der Waals surface area contributed by atoms with Crippen LogP contribution in [0, 0.1) is 17.7 Å². The Morgan fingerprint density at radius 3 is 2.80 bits per heavy atom. The van der Waals surface area contributed by atoms with E-state index < -0.39 is 11.7 Å². The maximum absolute atomic E-state index is 13.9. The second-order valence-electron chi connectivity index (χ2n) is 5.34. The van der Waals surface area contributed by atoms with Crippen LogP contribution in [0.25, 0.3) is 0 Å². The summed E-state index contributed by atoms with van der Waals surface area (Å²) in [7, 11) is 0. The molecule has 1 heterocycles. The Kier molecular flexibility index (Phi) is 4.43. The number of Topliss-reactive ketones (excluding diaryl/α,β-unsaturated/α-hetero) is 1. The maximum atomic E-state index is 13.9. The van der Waals surface area contributed by atoms with Gasteiger partial charge in [0.2, 0.25) is 5.91 Å². The van der Waals surface area contributed by atoms with Crippen molar-refractivity contribution in [2.45, 2.75) is 26.7 Å². The number of amides is 1. The summed E-state index contributed by atoms with van der Waals surface area (Å²) >= 11 is 5.86. The van der Waals surface area contributed by atoms with Gasteiger partial charge in [0.15, 0.2) is 0 Å². The van der Waals surface area contributed by atoms with E-state index in [9.17, 15) is 14.0 Å². The van der Waals surface area contributed by atoms with Gasteiger partial charge >= 0.3 is 0 Å². The summed E-state index contributed by atoms with van der Waals surface area (Å²) in [6, 6.07) is 4.10. The number of carbonyl (C=O) groups is 2. The van der Waals surface area contributed by atoms with E-state index in [4.69, 9.17) is 11.6 Å². The highest BCUT2D eigenvalue weighted by molar-refractivity contribution is 6.31. The first-order valence-corrected chi connectivity index (χ1v) is 7.09. The summed E-state index contributed by atoms with van der Waals surface area (Å²) < 4.78 is 13.9. The van der Waals surface area contributed by atoms with Crippen molar-refractivity contribution in [3.8, 4) is 0 Å². The Labute approximate surface area is 122 Å². The lowest BCUT2D eigenvalue weighted by molar-refractivity contribution is -0.135. The summed E-state index contributed by atoms with van der Waals surface area (Å²) in [4.78, 5) is 25.8. The van der Waals surface area contributed by atoms with Crippen molar-refractivity contribution < 1.29 is 14.0 Å².